The maximum atomic E-state index is 11.1. The van der Waals surface area contributed by atoms with E-state index in [1.807, 2.05) is 18.2 Å². The van der Waals surface area contributed by atoms with Gasteiger partial charge in [-0.15, -0.1) is 0 Å². The number of hydrogen-bond donors (Lipinski definition) is 1. The fraction of sp³-hybridized carbons (Fsp3) is 0.182. The molecule has 0 bridgehead atoms. The fourth-order valence-electron chi connectivity index (χ4n) is 0.932. The lowest BCUT2D eigenvalue weighted by molar-refractivity contribution is -0.140. The van der Waals surface area contributed by atoms with Crippen molar-refractivity contribution in [1.82, 2.24) is 0 Å². The second kappa shape index (κ2) is 4.46. The summed E-state index contributed by atoms with van der Waals surface area (Å²) in [5.41, 5.74) is 7.49. The highest BCUT2D eigenvalue weighted by Gasteiger charge is 2.04. The fourth-order valence-corrected chi connectivity index (χ4v) is 0.932. The van der Waals surface area contributed by atoms with Crippen LogP contribution >= 0.6 is 0 Å². The molecular formula is C11H13NO2. The number of nitrogen functional groups attached to an aromatic ring is 1. The molecule has 0 unspecified atom stereocenters. The average molecular weight is 191 g/mol. The number of para-hydroxylation sites is 1. The van der Waals surface area contributed by atoms with Gasteiger partial charge >= 0.3 is 5.97 Å². The lowest BCUT2D eigenvalue weighted by Gasteiger charge is -2.06. The molecule has 1 rings (SSSR count). The number of benzene rings is 1. The zero-order valence-corrected chi connectivity index (χ0v) is 8.12. The summed E-state index contributed by atoms with van der Waals surface area (Å²) in [4.78, 5) is 11.1. The second-order valence-electron chi connectivity index (χ2n) is 3.06. The first-order chi connectivity index (χ1) is 6.61. The lowest BCUT2D eigenvalue weighted by Crippen LogP contribution is -2.06. The quantitative estimate of drug-likeness (QED) is 0.451. The topological polar surface area (TPSA) is 52.3 Å². The summed E-state index contributed by atoms with van der Waals surface area (Å²) < 4.78 is 4.95. The zero-order valence-electron chi connectivity index (χ0n) is 8.12. The molecular weight excluding hydrogens is 178 g/mol. The Kier molecular flexibility index (Phi) is 3.29. The van der Waals surface area contributed by atoms with Gasteiger partial charge in [0.25, 0.3) is 0 Å². The van der Waals surface area contributed by atoms with E-state index in [0.29, 0.717) is 11.3 Å². The van der Waals surface area contributed by atoms with E-state index >= 15 is 0 Å². The van der Waals surface area contributed by atoms with E-state index in [1.54, 1.807) is 13.0 Å². The van der Waals surface area contributed by atoms with Crippen LogP contribution < -0.4 is 5.73 Å². The Morgan fingerprint density at radius 3 is 2.71 bits per heavy atom. The first kappa shape index (κ1) is 10.3. The van der Waals surface area contributed by atoms with E-state index in [4.69, 9.17) is 10.5 Å². The molecule has 14 heavy (non-hydrogen) atoms. The van der Waals surface area contributed by atoms with Crippen molar-refractivity contribution in [2.75, 3.05) is 5.73 Å². The van der Waals surface area contributed by atoms with Gasteiger partial charge in [-0.3, -0.25) is 0 Å². The zero-order chi connectivity index (χ0) is 10.6. The minimum atomic E-state index is -0.395. The van der Waals surface area contributed by atoms with E-state index in [1.165, 1.54) is 0 Å². The van der Waals surface area contributed by atoms with Crippen molar-refractivity contribution in [3.05, 3.63) is 42.0 Å². The van der Waals surface area contributed by atoms with E-state index in [0.717, 1.165) is 5.56 Å². The van der Waals surface area contributed by atoms with Crippen LogP contribution in [0.2, 0.25) is 0 Å². The molecule has 0 saturated carbocycles. The molecule has 0 saturated heterocycles. The molecule has 0 fully saturated rings. The minimum absolute atomic E-state index is 0.193. The molecule has 0 spiro atoms. The maximum Gasteiger partial charge on any atom is 0.333 e. The molecule has 0 aliphatic rings. The van der Waals surface area contributed by atoms with Gasteiger partial charge < -0.3 is 10.5 Å². The predicted molar refractivity (Wildman–Crippen MR) is 55.5 cm³/mol. The molecule has 74 valence electrons. The van der Waals surface area contributed by atoms with E-state index in [9.17, 15) is 4.79 Å². The van der Waals surface area contributed by atoms with Gasteiger partial charge in [0.15, 0.2) is 0 Å². The minimum Gasteiger partial charge on any atom is -0.457 e. The van der Waals surface area contributed by atoms with Gasteiger partial charge in [0.1, 0.15) is 6.61 Å². The van der Waals surface area contributed by atoms with Crippen molar-refractivity contribution >= 4 is 11.7 Å². The molecule has 0 aliphatic heterocycles. The third kappa shape index (κ3) is 2.62. The smallest absolute Gasteiger partial charge is 0.333 e. The van der Waals surface area contributed by atoms with Crippen LogP contribution in [0.25, 0.3) is 0 Å². The molecule has 3 nitrogen and oxygen atoms in total. The van der Waals surface area contributed by atoms with Gasteiger partial charge in [0.05, 0.1) is 0 Å². The molecule has 0 aromatic heterocycles. The number of rotatable bonds is 3. The van der Waals surface area contributed by atoms with Gasteiger partial charge in [-0.05, 0) is 13.0 Å². The van der Waals surface area contributed by atoms with Crippen molar-refractivity contribution in [3.8, 4) is 0 Å². The third-order valence-electron chi connectivity index (χ3n) is 1.76. The predicted octanol–water partition coefficient (Wildman–Crippen LogP) is 1.89. The van der Waals surface area contributed by atoms with E-state index in [-0.39, 0.29) is 6.61 Å². The summed E-state index contributed by atoms with van der Waals surface area (Å²) in [7, 11) is 0. The normalized spacial score (nSPS) is 9.50. The monoisotopic (exact) mass is 191 g/mol. The first-order valence-electron chi connectivity index (χ1n) is 4.27. The van der Waals surface area contributed by atoms with E-state index < -0.39 is 5.97 Å². The molecule has 0 heterocycles. The first-order valence-corrected chi connectivity index (χ1v) is 4.27. The number of carbonyl (C=O) groups excluding carboxylic acids is 1. The number of hydrogen-bond acceptors (Lipinski definition) is 3. The number of nitrogens with two attached hydrogens (primary N) is 1. The van der Waals surface area contributed by atoms with Gasteiger partial charge in [0, 0.05) is 16.8 Å². The average Bonchev–Trinajstić information content (AvgIpc) is 2.16. The van der Waals surface area contributed by atoms with E-state index in [2.05, 4.69) is 6.58 Å². The molecule has 1 aromatic rings. The number of carbonyl (C=O) groups is 1. The summed E-state index contributed by atoms with van der Waals surface area (Å²) in [5, 5.41) is 0. The molecule has 2 N–H and O–H groups in total. The highest BCUT2D eigenvalue weighted by Crippen LogP contribution is 2.12. The summed E-state index contributed by atoms with van der Waals surface area (Å²) in [6.45, 7) is 5.28. The van der Waals surface area contributed by atoms with Crippen LogP contribution in [0, 0.1) is 0 Å². The Morgan fingerprint density at radius 2 is 2.14 bits per heavy atom. The van der Waals surface area contributed by atoms with Gasteiger partial charge in [-0.25, -0.2) is 4.79 Å². The summed E-state index contributed by atoms with van der Waals surface area (Å²) in [6, 6.07) is 7.27. The van der Waals surface area contributed by atoms with Crippen LogP contribution in [0.15, 0.2) is 36.4 Å². The third-order valence-corrected chi connectivity index (χ3v) is 1.76. The van der Waals surface area contributed by atoms with Gasteiger partial charge in [0.2, 0.25) is 0 Å². The highest BCUT2D eigenvalue weighted by atomic mass is 16.5. The van der Waals surface area contributed by atoms with Crippen LogP contribution in [0.3, 0.4) is 0 Å². The molecule has 0 radical (unpaired) electrons. The van der Waals surface area contributed by atoms with Crippen LogP contribution in [-0.4, -0.2) is 5.97 Å². The van der Waals surface area contributed by atoms with Crippen LogP contribution in [-0.2, 0) is 16.1 Å². The van der Waals surface area contributed by atoms with Crippen LogP contribution in [0.4, 0.5) is 5.69 Å². The SMILES string of the molecule is C=C(C)C(=O)OCc1ccccc1N. The molecule has 3 heteroatoms. The molecule has 0 aliphatic carbocycles. The van der Waals surface area contributed by atoms with Crippen LogP contribution in [0.1, 0.15) is 12.5 Å². The summed E-state index contributed by atoms with van der Waals surface area (Å²) in [5.74, 6) is -0.395. The molecule has 0 amide bonds. The van der Waals surface area contributed by atoms with Crippen molar-refractivity contribution in [1.29, 1.82) is 0 Å². The molecule has 0 atom stereocenters. The second-order valence-corrected chi connectivity index (χ2v) is 3.06. The number of ether oxygens (including phenoxy) is 1. The highest BCUT2D eigenvalue weighted by molar-refractivity contribution is 5.86. The maximum absolute atomic E-state index is 11.1. The molecule has 1 aromatic carbocycles. The standard InChI is InChI=1S/C11H13NO2/c1-8(2)11(13)14-7-9-5-3-4-6-10(9)12/h3-6H,1,7,12H2,2H3. The van der Waals surface area contributed by atoms with Gasteiger partial charge in [-0.2, -0.15) is 0 Å². The van der Waals surface area contributed by atoms with Gasteiger partial charge in [-0.1, -0.05) is 24.8 Å². The van der Waals surface area contributed by atoms with Crippen molar-refractivity contribution in [2.24, 2.45) is 0 Å². The Hall–Kier alpha value is -1.77. The largest absolute Gasteiger partial charge is 0.457 e. The van der Waals surface area contributed by atoms with Crippen molar-refractivity contribution in [3.63, 3.8) is 0 Å². The number of anilines is 1. The van der Waals surface area contributed by atoms with Crippen molar-refractivity contribution in [2.45, 2.75) is 13.5 Å². The van der Waals surface area contributed by atoms with Crippen LogP contribution in [0.5, 0.6) is 0 Å². The summed E-state index contributed by atoms with van der Waals surface area (Å²) in [6.07, 6.45) is 0. The Bertz CT molecular complexity index is 358. The Balaban J connectivity index is 2.58. The summed E-state index contributed by atoms with van der Waals surface area (Å²) >= 11 is 0. The Labute approximate surface area is 83.2 Å². The van der Waals surface area contributed by atoms with Crippen molar-refractivity contribution < 1.29 is 9.53 Å². The Morgan fingerprint density at radius 1 is 1.50 bits per heavy atom. The number of esters is 1. The lowest BCUT2D eigenvalue weighted by atomic mass is 10.2.